The molecule has 2 atom stereocenters. The number of amides is 1. The highest BCUT2D eigenvalue weighted by Crippen LogP contribution is 2.24. The molecule has 174 valence electrons. The summed E-state index contributed by atoms with van der Waals surface area (Å²) < 4.78 is 15.8. The summed E-state index contributed by atoms with van der Waals surface area (Å²) in [6.07, 6.45) is 6.41. The van der Waals surface area contributed by atoms with Crippen LogP contribution in [-0.2, 0) is 4.74 Å². The SMILES string of the molecule is [2H]CNc1cc(Nc2cccn(-c3ccccn3)c2=O)nc2c(C(=O)N[C@@H]3CC[C@H]3OC)cnn12. The first-order chi connectivity index (χ1) is 17.1. The van der Waals surface area contributed by atoms with Crippen molar-refractivity contribution in [3.8, 4) is 5.82 Å². The van der Waals surface area contributed by atoms with Crippen LogP contribution in [-0.4, -0.2) is 56.3 Å². The maximum absolute atomic E-state index is 13.1. The molecule has 0 bridgehead atoms. The molecule has 5 rings (SSSR count). The summed E-state index contributed by atoms with van der Waals surface area (Å²) in [5, 5.41) is 13.2. The fourth-order valence-corrected chi connectivity index (χ4v) is 3.88. The molecule has 4 aromatic rings. The van der Waals surface area contributed by atoms with Gasteiger partial charge in [-0.25, -0.2) is 9.97 Å². The fraction of sp³-hybridized carbons (Fsp3) is 0.261. The average molecular weight is 462 g/mol. The molecule has 0 radical (unpaired) electrons. The first-order valence-corrected chi connectivity index (χ1v) is 10.7. The summed E-state index contributed by atoms with van der Waals surface area (Å²) >= 11 is 0. The van der Waals surface area contributed by atoms with E-state index in [0.29, 0.717) is 17.5 Å². The standard InChI is InChI=1S/C23H24N8O3/c1-24-20-12-18(27-16-6-5-11-30(23(16)33)19-7-3-4-10-25-19)29-21-14(13-26-31(20)21)22(32)28-15-8-9-17(15)34-2/h3-7,10-13,15,17,24H,8-9H2,1-2H3,(H,27,29)(H,28,32)/t15-,17-/m1/s1/i1D. The highest BCUT2D eigenvalue weighted by molar-refractivity contribution is 6.00. The number of pyridine rings is 2. The van der Waals surface area contributed by atoms with Gasteiger partial charge in [0.05, 0.1) is 18.3 Å². The second-order valence-corrected chi connectivity index (χ2v) is 7.84. The Balaban J connectivity index is 1.50. The molecule has 4 aromatic heterocycles. The maximum atomic E-state index is 13.1. The van der Waals surface area contributed by atoms with E-state index >= 15 is 0 Å². The largest absolute Gasteiger partial charge is 0.379 e. The predicted molar refractivity (Wildman–Crippen MR) is 127 cm³/mol. The van der Waals surface area contributed by atoms with Gasteiger partial charge in [0.25, 0.3) is 11.5 Å². The second-order valence-electron chi connectivity index (χ2n) is 7.84. The van der Waals surface area contributed by atoms with Crippen LogP contribution in [0.3, 0.4) is 0 Å². The Morgan fingerprint density at radius 2 is 2.18 bits per heavy atom. The second kappa shape index (κ2) is 8.94. The normalized spacial score (nSPS) is 17.6. The fourth-order valence-electron chi connectivity index (χ4n) is 3.88. The number of hydrogen-bond acceptors (Lipinski definition) is 8. The van der Waals surface area contributed by atoms with E-state index in [1.54, 1.807) is 55.9 Å². The molecule has 0 aromatic carbocycles. The van der Waals surface area contributed by atoms with Crippen molar-refractivity contribution in [3.63, 3.8) is 0 Å². The first kappa shape index (κ1) is 20.4. The summed E-state index contributed by atoms with van der Waals surface area (Å²) in [5.74, 6) is 0.940. The molecule has 11 nitrogen and oxygen atoms in total. The third-order valence-electron chi connectivity index (χ3n) is 5.83. The van der Waals surface area contributed by atoms with Crippen molar-refractivity contribution >= 4 is 28.9 Å². The van der Waals surface area contributed by atoms with E-state index in [9.17, 15) is 9.59 Å². The molecule has 11 heteroatoms. The molecule has 34 heavy (non-hydrogen) atoms. The van der Waals surface area contributed by atoms with Crippen LogP contribution >= 0.6 is 0 Å². The number of ether oxygens (including phenoxy) is 1. The van der Waals surface area contributed by atoms with Crippen LogP contribution in [0.15, 0.2) is 59.8 Å². The smallest absolute Gasteiger partial charge is 0.279 e. The molecular weight excluding hydrogens is 436 g/mol. The van der Waals surface area contributed by atoms with E-state index in [1.807, 2.05) is 0 Å². The summed E-state index contributed by atoms with van der Waals surface area (Å²) in [6, 6.07) is 10.2. The van der Waals surface area contributed by atoms with Gasteiger partial charge < -0.3 is 20.7 Å². The van der Waals surface area contributed by atoms with Gasteiger partial charge in [0, 0.05) is 34.0 Å². The summed E-state index contributed by atoms with van der Waals surface area (Å²) in [5.41, 5.74) is 0.528. The minimum atomic E-state index is -0.315. The minimum absolute atomic E-state index is 0.00845. The van der Waals surface area contributed by atoms with E-state index in [1.165, 1.54) is 15.3 Å². The van der Waals surface area contributed by atoms with Crippen molar-refractivity contribution in [2.45, 2.75) is 25.0 Å². The van der Waals surface area contributed by atoms with E-state index in [4.69, 9.17) is 6.11 Å². The lowest BCUT2D eigenvalue weighted by Crippen LogP contribution is -2.51. The Labute approximate surface area is 196 Å². The number of carbonyl (C=O) groups excluding carboxylic acids is 1. The molecule has 1 aliphatic rings. The number of anilines is 3. The van der Waals surface area contributed by atoms with Crippen molar-refractivity contribution in [2.24, 2.45) is 0 Å². The quantitative estimate of drug-likeness (QED) is 0.381. The topological polar surface area (TPSA) is 127 Å². The molecule has 0 spiro atoms. The maximum Gasteiger partial charge on any atom is 0.279 e. The monoisotopic (exact) mass is 461 g/mol. The lowest BCUT2D eigenvalue weighted by atomic mass is 9.89. The van der Waals surface area contributed by atoms with Crippen LogP contribution in [0.25, 0.3) is 11.5 Å². The van der Waals surface area contributed by atoms with Gasteiger partial charge >= 0.3 is 0 Å². The summed E-state index contributed by atoms with van der Waals surface area (Å²) in [6.45, 7) is 0. The molecular formula is C23H24N8O3. The van der Waals surface area contributed by atoms with Crippen LogP contribution in [0, 0.1) is 0 Å². The van der Waals surface area contributed by atoms with Gasteiger partial charge in [-0.3, -0.25) is 14.2 Å². The number of aromatic nitrogens is 5. The molecule has 1 saturated carbocycles. The van der Waals surface area contributed by atoms with E-state index < -0.39 is 0 Å². The van der Waals surface area contributed by atoms with Crippen LogP contribution in [0.1, 0.15) is 24.6 Å². The molecule has 0 saturated heterocycles. The van der Waals surface area contributed by atoms with Crippen molar-refractivity contribution in [2.75, 3.05) is 24.8 Å². The molecule has 3 N–H and O–H groups in total. The van der Waals surface area contributed by atoms with Crippen molar-refractivity contribution in [1.29, 1.82) is 0 Å². The van der Waals surface area contributed by atoms with Crippen LogP contribution < -0.4 is 21.5 Å². The molecule has 0 aliphatic heterocycles. The molecule has 1 amide bonds. The molecule has 0 unspecified atom stereocenters. The van der Waals surface area contributed by atoms with Gasteiger partial charge in [-0.05, 0) is 37.1 Å². The Kier molecular flexibility index (Phi) is 5.36. The lowest BCUT2D eigenvalue weighted by Gasteiger charge is -2.35. The van der Waals surface area contributed by atoms with Gasteiger partial charge in [-0.1, -0.05) is 6.07 Å². The van der Waals surface area contributed by atoms with E-state index in [-0.39, 0.29) is 47.5 Å². The zero-order chi connectivity index (χ0) is 24.4. The Morgan fingerprint density at radius 3 is 2.91 bits per heavy atom. The number of hydrogen-bond donors (Lipinski definition) is 3. The number of fused-ring (bicyclic) bond motifs is 1. The van der Waals surface area contributed by atoms with Crippen molar-refractivity contribution < 1.29 is 10.9 Å². The van der Waals surface area contributed by atoms with Gasteiger partial charge in [0.1, 0.15) is 28.7 Å². The third kappa shape index (κ3) is 3.86. The Morgan fingerprint density at radius 1 is 1.26 bits per heavy atom. The lowest BCUT2D eigenvalue weighted by molar-refractivity contribution is 0.00732. The zero-order valence-electron chi connectivity index (χ0n) is 19.4. The molecule has 4 heterocycles. The van der Waals surface area contributed by atoms with Crippen molar-refractivity contribution in [1.82, 2.24) is 29.5 Å². The van der Waals surface area contributed by atoms with E-state index in [0.717, 1.165) is 12.8 Å². The Bertz CT molecular complexity index is 1420. The molecule has 1 fully saturated rings. The van der Waals surface area contributed by atoms with Gasteiger partial charge in [0.15, 0.2) is 5.65 Å². The number of rotatable bonds is 7. The van der Waals surface area contributed by atoms with Crippen molar-refractivity contribution in [3.05, 3.63) is 70.9 Å². The Hall–Kier alpha value is -4.25. The van der Waals surface area contributed by atoms with Gasteiger partial charge in [0.2, 0.25) is 0 Å². The zero-order valence-corrected chi connectivity index (χ0v) is 18.4. The number of nitrogens with one attached hydrogen (secondary N) is 3. The van der Waals surface area contributed by atoms with Gasteiger partial charge in [-0.15, -0.1) is 0 Å². The van der Waals surface area contributed by atoms with Gasteiger partial charge in [-0.2, -0.15) is 9.61 Å². The van der Waals surface area contributed by atoms with E-state index in [2.05, 4.69) is 31.0 Å². The highest BCUT2D eigenvalue weighted by atomic mass is 16.5. The molecule has 1 aliphatic carbocycles. The van der Waals surface area contributed by atoms with Crippen LogP contribution in [0.5, 0.6) is 0 Å². The summed E-state index contributed by atoms with van der Waals surface area (Å²) in [4.78, 5) is 34.9. The number of nitrogens with zero attached hydrogens (tertiary/aromatic N) is 5. The first-order valence-electron chi connectivity index (χ1n) is 11.5. The summed E-state index contributed by atoms with van der Waals surface area (Å²) in [7, 11) is 1.51. The van der Waals surface area contributed by atoms with Crippen LogP contribution in [0.2, 0.25) is 0 Å². The minimum Gasteiger partial charge on any atom is -0.379 e. The predicted octanol–water partition coefficient (Wildman–Crippen LogP) is 1.97. The highest BCUT2D eigenvalue weighted by Gasteiger charge is 2.33. The number of methoxy groups -OCH3 is 1. The van der Waals surface area contributed by atoms with Crippen LogP contribution in [0.4, 0.5) is 17.3 Å². The third-order valence-corrected chi connectivity index (χ3v) is 5.83. The average Bonchev–Trinajstić information content (AvgIpc) is 3.28. The number of carbonyl (C=O) groups is 1.